The number of aliphatic imine (C=N–C) groups is 1. The van der Waals surface area contributed by atoms with Crippen LogP contribution in [0.1, 0.15) is 19.5 Å². The zero-order valence-corrected chi connectivity index (χ0v) is 17.2. The van der Waals surface area contributed by atoms with Gasteiger partial charge in [0.1, 0.15) is 0 Å². The summed E-state index contributed by atoms with van der Waals surface area (Å²) in [5.74, 6) is 1.15. The molecule has 0 unspecified atom stereocenters. The second-order valence-electron chi connectivity index (χ2n) is 5.65. The van der Waals surface area contributed by atoms with E-state index in [0.717, 1.165) is 28.7 Å². The Morgan fingerprint density at radius 2 is 1.96 bits per heavy atom. The molecular formula is C18H23N5O2S2. The first-order valence-corrected chi connectivity index (χ1v) is 11.1. The van der Waals surface area contributed by atoms with Gasteiger partial charge in [-0.2, -0.15) is 0 Å². The Labute approximate surface area is 164 Å². The van der Waals surface area contributed by atoms with Gasteiger partial charge in [-0.1, -0.05) is 6.92 Å². The van der Waals surface area contributed by atoms with Crippen molar-refractivity contribution in [1.82, 2.24) is 15.3 Å². The van der Waals surface area contributed by atoms with Gasteiger partial charge in [-0.25, -0.2) is 18.4 Å². The zero-order chi connectivity index (χ0) is 19.9. The van der Waals surface area contributed by atoms with Gasteiger partial charge in [0.05, 0.1) is 21.2 Å². The van der Waals surface area contributed by atoms with Crippen LogP contribution in [0, 0.1) is 0 Å². The molecule has 0 aliphatic heterocycles. The first kappa shape index (κ1) is 21.1. The van der Waals surface area contributed by atoms with Crippen molar-refractivity contribution in [1.29, 1.82) is 0 Å². The molecule has 2 aromatic rings. The number of hydrogen-bond donors (Lipinski definition) is 2. The number of nitrogens with zero attached hydrogens (tertiary/aromatic N) is 3. The predicted octanol–water partition coefficient (Wildman–Crippen LogP) is 3.31. The van der Waals surface area contributed by atoms with E-state index in [0.29, 0.717) is 11.6 Å². The minimum absolute atomic E-state index is 0.264. The second-order valence-corrected chi connectivity index (χ2v) is 8.65. The van der Waals surface area contributed by atoms with Crippen LogP contribution < -0.4 is 10.6 Å². The molecule has 0 amide bonds. The van der Waals surface area contributed by atoms with Crippen molar-refractivity contribution < 1.29 is 8.42 Å². The van der Waals surface area contributed by atoms with Crippen molar-refractivity contribution in [2.75, 3.05) is 24.0 Å². The number of anilines is 2. The Bertz CT molecular complexity index is 925. The van der Waals surface area contributed by atoms with Gasteiger partial charge in [-0.15, -0.1) is 11.8 Å². The number of sulfone groups is 1. The van der Waals surface area contributed by atoms with Gasteiger partial charge >= 0.3 is 0 Å². The quantitative estimate of drug-likeness (QED) is 0.375. The van der Waals surface area contributed by atoms with Gasteiger partial charge in [0.25, 0.3) is 0 Å². The average molecular weight is 406 g/mol. The average Bonchev–Trinajstić information content (AvgIpc) is 2.64. The van der Waals surface area contributed by atoms with Crippen molar-refractivity contribution in [3.8, 4) is 0 Å². The molecule has 0 saturated carbocycles. The molecule has 144 valence electrons. The highest BCUT2D eigenvalue weighted by molar-refractivity contribution is 8.08. The lowest BCUT2D eigenvalue weighted by molar-refractivity contribution is 0.602. The molecule has 2 rings (SSSR count). The van der Waals surface area contributed by atoms with Crippen LogP contribution in [-0.4, -0.2) is 43.8 Å². The van der Waals surface area contributed by atoms with Crippen molar-refractivity contribution in [3.05, 3.63) is 47.9 Å². The Morgan fingerprint density at radius 1 is 1.26 bits per heavy atom. The normalized spacial score (nSPS) is 12.4. The fourth-order valence-corrected chi connectivity index (χ4v) is 3.74. The highest BCUT2D eigenvalue weighted by Gasteiger charge is 2.11. The summed E-state index contributed by atoms with van der Waals surface area (Å²) in [7, 11) is -3.22. The van der Waals surface area contributed by atoms with Crippen LogP contribution in [0.3, 0.4) is 0 Å². The van der Waals surface area contributed by atoms with E-state index in [1.807, 2.05) is 19.9 Å². The lowest BCUT2D eigenvalue weighted by Gasteiger charge is -2.11. The molecule has 0 spiro atoms. The van der Waals surface area contributed by atoms with E-state index in [4.69, 9.17) is 0 Å². The number of thioether (sulfide) groups is 1. The number of hydrogen-bond acceptors (Lipinski definition) is 8. The zero-order valence-electron chi connectivity index (χ0n) is 15.6. The van der Waals surface area contributed by atoms with Crippen molar-refractivity contribution >= 4 is 44.9 Å². The van der Waals surface area contributed by atoms with Crippen LogP contribution in [0.2, 0.25) is 0 Å². The van der Waals surface area contributed by atoms with Crippen LogP contribution in [-0.2, 0) is 9.84 Å². The Balaban J connectivity index is 2.24. The summed E-state index contributed by atoms with van der Waals surface area (Å²) in [6.07, 6.45) is 2.84. The molecule has 0 aliphatic carbocycles. The summed E-state index contributed by atoms with van der Waals surface area (Å²) in [4.78, 5) is 14.0. The highest BCUT2D eigenvalue weighted by Crippen LogP contribution is 2.30. The van der Waals surface area contributed by atoms with Gasteiger partial charge in [-0.3, -0.25) is 4.99 Å². The third-order valence-electron chi connectivity index (χ3n) is 3.56. The van der Waals surface area contributed by atoms with E-state index in [2.05, 4.69) is 32.3 Å². The topological polar surface area (TPSA) is 96.3 Å². The SMILES string of the molecule is C=N/C(C)=C(\SCNCC)c1ccnc(Nc2ccc(S(C)(=O)=O)cc2)n1. The molecule has 2 N–H and O–H groups in total. The fourth-order valence-electron chi connectivity index (χ4n) is 2.12. The van der Waals surface area contributed by atoms with E-state index in [9.17, 15) is 8.42 Å². The van der Waals surface area contributed by atoms with E-state index in [1.54, 1.807) is 42.2 Å². The molecule has 27 heavy (non-hydrogen) atoms. The Kier molecular flexibility index (Phi) is 7.52. The van der Waals surface area contributed by atoms with Gasteiger partial charge in [0, 0.05) is 24.0 Å². The van der Waals surface area contributed by atoms with Crippen LogP contribution in [0.5, 0.6) is 0 Å². The molecule has 0 saturated heterocycles. The lowest BCUT2D eigenvalue weighted by atomic mass is 10.3. The molecule has 0 radical (unpaired) electrons. The number of allylic oxidation sites excluding steroid dienone is 1. The number of benzene rings is 1. The third kappa shape index (κ3) is 6.16. The van der Waals surface area contributed by atoms with E-state index < -0.39 is 9.84 Å². The summed E-state index contributed by atoms with van der Waals surface area (Å²) in [5, 5.41) is 6.35. The van der Waals surface area contributed by atoms with E-state index in [1.165, 1.54) is 6.26 Å². The molecule has 0 aliphatic rings. The summed E-state index contributed by atoms with van der Waals surface area (Å²) in [6.45, 7) is 8.41. The molecule has 0 fully saturated rings. The predicted molar refractivity (Wildman–Crippen MR) is 113 cm³/mol. The molecule has 0 bridgehead atoms. The highest BCUT2D eigenvalue weighted by atomic mass is 32.2. The van der Waals surface area contributed by atoms with E-state index >= 15 is 0 Å². The van der Waals surface area contributed by atoms with Crippen molar-refractivity contribution in [2.24, 2.45) is 4.99 Å². The van der Waals surface area contributed by atoms with Crippen LogP contribution in [0.15, 0.2) is 52.1 Å². The maximum absolute atomic E-state index is 11.6. The third-order valence-corrected chi connectivity index (χ3v) is 5.83. The van der Waals surface area contributed by atoms with Crippen LogP contribution >= 0.6 is 11.8 Å². The van der Waals surface area contributed by atoms with Crippen LogP contribution in [0.4, 0.5) is 11.6 Å². The van der Waals surface area contributed by atoms with Crippen molar-refractivity contribution in [2.45, 2.75) is 18.7 Å². The molecule has 0 atom stereocenters. The molecule has 1 heterocycles. The number of rotatable bonds is 9. The maximum atomic E-state index is 11.6. The fraction of sp³-hybridized carbons (Fsp3) is 0.278. The Hall–Kier alpha value is -2.23. The van der Waals surface area contributed by atoms with Gasteiger partial charge in [-0.05, 0) is 50.5 Å². The smallest absolute Gasteiger partial charge is 0.227 e. The summed E-state index contributed by atoms with van der Waals surface area (Å²) >= 11 is 1.60. The molecule has 1 aromatic heterocycles. The lowest BCUT2D eigenvalue weighted by Crippen LogP contribution is -2.11. The second kappa shape index (κ2) is 9.63. The standard InChI is InChI=1S/C18H23N5O2S2/c1-5-20-12-26-17(13(2)19-3)16-10-11-21-18(23-16)22-14-6-8-15(9-7-14)27(4,24)25/h6-11,20H,3,5,12H2,1-2,4H3,(H,21,22,23)/b17-13-. The first-order valence-electron chi connectivity index (χ1n) is 8.26. The maximum Gasteiger partial charge on any atom is 0.227 e. The number of aromatic nitrogens is 2. The van der Waals surface area contributed by atoms with Gasteiger partial charge in [0.15, 0.2) is 9.84 Å². The molecule has 7 nitrogen and oxygen atoms in total. The van der Waals surface area contributed by atoms with E-state index in [-0.39, 0.29) is 4.90 Å². The summed E-state index contributed by atoms with van der Waals surface area (Å²) in [5.41, 5.74) is 2.23. The summed E-state index contributed by atoms with van der Waals surface area (Å²) in [6, 6.07) is 8.27. The summed E-state index contributed by atoms with van der Waals surface area (Å²) < 4.78 is 23.1. The molecule has 9 heteroatoms. The first-order chi connectivity index (χ1) is 12.8. The van der Waals surface area contributed by atoms with Crippen LogP contribution in [0.25, 0.3) is 4.91 Å². The van der Waals surface area contributed by atoms with Gasteiger partial charge in [0.2, 0.25) is 5.95 Å². The minimum atomic E-state index is -3.22. The largest absolute Gasteiger partial charge is 0.324 e. The molecular weight excluding hydrogens is 382 g/mol. The van der Waals surface area contributed by atoms with Crippen molar-refractivity contribution in [3.63, 3.8) is 0 Å². The number of nitrogens with one attached hydrogen (secondary N) is 2. The van der Waals surface area contributed by atoms with Gasteiger partial charge < -0.3 is 10.6 Å². The molecule has 1 aromatic carbocycles. The monoisotopic (exact) mass is 405 g/mol. The Morgan fingerprint density at radius 3 is 2.56 bits per heavy atom. The minimum Gasteiger partial charge on any atom is -0.324 e.